The molecule has 1 aliphatic rings. The van der Waals surface area contributed by atoms with Gasteiger partial charge in [-0.3, -0.25) is 4.90 Å². The Labute approximate surface area is 113 Å². The molecule has 1 aromatic rings. The van der Waals surface area contributed by atoms with Gasteiger partial charge in [0, 0.05) is 36.5 Å². The summed E-state index contributed by atoms with van der Waals surface area (Å²) >= 11 is 5.89. The van der Waals surface area contributed by atoms with E-state index in [0.29, 0.717) is 12.0 Å². The van der Waals surface area contributed by atoms with Crippen LogP contribution in [0.2, 0.25) is 5.02 Å². The van der Waals surface area contributed by atoms with Crippen LogP contribution in [0.15, 0.2) is 29.4 Å². The van der Waals surface area contributed by atoms with E-state index in [0.717, 1.165) is 30.2 Å². The predicted octanol–water partition coefficient (Wildman–Crippen LogP) is 3.40. The van der Waals surface area contributed by atoms with Crippen molar-refractivity contribution in [3.05, 3.63) is 34.9 Å². The van der Waals surface area contributed by atoms with Crippen LogP contribution in [-0.4, -0.2) is 28.4 Å². The molecule has 0 saturated carbocycles. The summed E-state index contributed by atoms with van der Waals surface area (Å²) in [5, 5.41) is 13.1. The first-order valence-corrected chi connectivity index (χ1v) is 6.67. The standard InChI is InChI=1S/C14H19ClN2O/c1-10-8-17(11(2)7-14(10)16-18)9-12-3-5-13(15)6-4-12/h3-6,10-11,18H,7-9H2,1-2H3/b16-14-/t10-,11+/m0/s1. The van der Waals surface area contributed by atoms with Gasteiger partial charge in [-0.1, -0.05) is 35.8 Å². The average molecular weight is 267 g/mol. The molecule has 0 radical (unpaired) electrons. The molecule has 4 heteroatoms. The highest BCUT2D eigenvalue weighted by Crippen LogP contribution is 2.22. The summed E-state index contributed by atoms with van der Waals surface area (Å²) in [4.78, 5) is 2.42. The van der Waals surface area contributed by atoms with Crippen LogP contribution < -0.4 is 0 Å². The molecule has 0 aromatic heterocycles. The van der Waals surface area contributed by atoms with E-state index in [4.69, 9.17) is 16.8 Å². The van der Waals surface area contributed by atoms with E-state index in [9.17, 15) is 0 Å². The number of hydrogen-bond donors (Lipinski definition) is 1. The van der Waals surface area contributed by atoms with Crippen molar-refractivity contribution in [3.8, 4) is 0 Å². The zero-order chi connectivity index (χ0) is 13.1. The second-order valence-electron chi connectivity index (χ2n) is 5.10. The third kappa shape index (κ3) is 3.03. The van der Waals surface area contributed by atoms with Gasteiger partial charge >= 0.3 is 0 Å². The molecular weight excluding hydrogens is 248 g/mol. The quantitative estimate of drug-likeness (QED) is 0.658. The molecule has 2 atom stereocenters. The van der Waals surface area contributed by atoms with Crippen molar-refractivity contribution in [2.75, 3.05) is 6.54 Å². The fourth-order valence-corrected chi connectivity index (χ4v) is 2.58. The molecule has 0 spiro atoms. The number of oxime groups is 1. The fourth-order valence-electron chi connectivity index (χ4n) is 2.45. The van der Waals surface area contributed by atoms with Crippen LogP contribution in [0, 0.1) is 5.92 Å². The smallest absolute Gasteiger partial charge is 0.0627 e. The number of likely N-dealkylation sites (tertiary alicyclic amines) is 1. The second kappa shape index (κ2) is 5.72. The highest BCUT2D eigenvalue weighted by atomic mass is 35.5. The largest absolute Gasteiger partial charge is 0.411 e. The van der Waals surface area contributed by atoms with E-state index < -0.39 is 0 Å². The third-order valence-electron chi connectivity index (χ3n) is 3.63. The average Bonchev–Trinajstić information content (AvgIpc) is 2.36. The van der Waals surface area contributed by atoms with Crippen molar-refractivity contribution >= 4 is 17.3 Å². The van der Waals surface area contributed by atoms with E-state index in [-0.39, 0.29) is 0 Å². The first-order valence-electron chi connectivity index (χ1n) is 6.29. The van der Waals surface area contributed by atoms with Crippen LogP contribution in [0.1, 0.15) is 25.8 Å². The maximum absolute atomic E-state index is 8.94. The molecule has 3 nitrogen and oxygen atoms in total. The molecule has 18 heavy (non-hydrogen) atoms. The highest BCUT2D eigenvalue weighted by molar-refractivity contribution is 6.30. The Kier molecular flexibility index (Phi) is 4.25. The molecule has 1 fully saturated rings. The SMILES string of the molecule is C[C@@H]1C/C(=N/O)[C@@H](C)CN1Cc1ccc(Cl)cc1. The lowest BCUT2D eigenvalue weighted by Gasteiger charge is -2.37. The molecule has 1 aromatic carbocycles. The van der Waals surface area contributed by atoms with Crippen molar-refractivity contribution in [1.29, 1.82) is 0 Å². The van der Waals surface area contributed by atoms with Crippen molar-refractivity contribution in [1.82, 2.24) is 4.90 Å². The second-order valence-corrected chi connectivity index (χ2v) is 5.54. The maximum Gasteiger partial charge on any atom is 0.0627 e. The first kappa shape index (κ1) is 13.4. The van der Waals surface area contributed by atoms with Crippen LogP contribution in [0.3, 0.4) is 0 Å². The van der Waals surface area contributed by atoms with Crippen LogP contribution in [0.4, 0.5) is 0 Å². The minimum Gasteiger partial charge on any atom is -0.411 e. The Balaban J connectivity index is 2.03. The van der Waals surface area contributed by atoms with Gasteiger partial charge in [0.05, 0.1) is 5.71 Å². The minimum atomic E-state index is 0.318. The molecule has 0 aliphatic carbocycles. The summed E-state index contributed by atoms with van der Waals surface area (Å²) in [5.41, 5.74) is 2.18. The van der Waals surface area contributed by atoms with Gasteiger partial charge < -0.3 is 5.21 Å². The van der Waals surface area contributed by atoms with Gasteiger partial charge in [0.2, 0.25) is 0 Å². The molecule has 1 heterocycles. The fraction of sp³-hybridized carbons (Fsp3) is 0.500. The van der Waals surface area contributed by atoms with E-state index in [2.05, 4.69) is 36.0 Å². The van der Waals surface area contributed by atoms with Crippen LogP contribution in [0.25, 0.3) is 0 Å². The zero-order valence-corrected chi connectivity index (χ0v) is 11.6. The van der Waals surface area contributed by atoms with Gasteiger partial charge in [-0.25, -0.2) is 0 Å². The van der Waals surface area contributed by atoms with E-state index in [1.807, 2.05) is 12.1 Å². The van der Waals surface area contributed by atoms with Crippen LogP contribution >= 0.6 is 11.6 Å². The highest BCUT2D eigenvalue weighted by Gasteiger charge is 2.27. The summed E-state index contributed by atoms with van der Waals surface area (Å²) in [6, 6.07) is 8.39. The Morgan fingerprint density at radius 2 is 2.00 bits per heavy atom. The molecule has 1 aliphatic heterocycles. The third-order valence-corrected chi connectivity index (χ3v) is 3.88. The molecule has 0 amide bonds. The van der Waals surface area contributed by atoms with Gasteiger partial charge in [0.1, 0.15) is 0 Å². The van der Waals surface area contributed by atoms with Gasteiger partial charge in [0.15, 0.2) is 0 Å². The molecule has 1 saturated heterocycles. The van der Waals surface area contributed by atoms with Gasteiger partial charge in [0.25, 0.3) is 0 Å². The summed E-state index contributed by atoms with van der Waals surface area (Å²) in [6.07, 6.45) is 0.839. The van der Waals surface area contributed by atoms with Crippen LogP contribution in [-0.2, 0) is 6.54 Å². The number of halogens is 1. The lowest BCUT2D eigenvalue weighted by molar-refractivity contribution is 0.168. The molecule has 0 unspecified atom stereocenters. The van der Waals surface area contributed by atoms with Crippen molar-refractivity contribution < 1.29 is 5.21 Å². The van der Waals surface area contributed by atoms with Crippen molar-refractivity contribution in [2.45, 2.75) is 32.9 Å². The first-order chi connectivity index (χ1) is 8.60. The number of rotatable bonds is 2. The molecule has 2 rings (SSSR count). The number of hydrogen-bond acceptors (Lipinski definition) is 3. The summed E-state index contributed by atoms with van der Waals surface area (Å²) in [7, 11) is 0. The maximum atomic E-state index is 8.94. The Bertz CT molecular complexity index is 430. The normalized spacial score (nSPS) is 27.6. The molecule has 1 N–H and O–H groups in total. The minimum absolute atomic E-state index is 0.318. The van der Waals surface area contributed by atoms with Crippen molar-refractivity contribution in [3.63, 3.8) is 0 Å². The zero-order valence-electron chi connectivity index (χ0n) is 10.8. The summed E-state index contributed by atoms with van der Waals surface area (Å²) in [5.74, 6) is 0.318. The number of piperidine rings is 1. The number of nitrogens with zero attached hydrogens (tertiary/aromatic N) is 2. The van der Waals surface area contributed by atoms with E-state index in [1.165, 1.54) is 5.56 Å². The topological polar surface area (TPSA) is 35.8 Å². The van der Waals surface area contributed by atoms with Crippen molar-refractivity contribution in [2.24, 2.45) is 11.1 Å². The lowest BCUT2D eigenvalue weighted by Crippen LogP contribution is -2.44. The van der Waals surface area contributed by atoms with E-state index in [1.54, 1.807) is 0 Å². The monoisotopic (exact) mass is 266 g/mol. The Morgan fingerprint density at radius 1 is 1.33 bits per heavy atom. The molecule has 0 bridgehead atoms. The predicted molar refractivity (Wildman–Crippen MR) is 74.3 cm³/mol. The number of benzene rings is 1. The van der Waals surface area contributed by atoms with Crippen LogP contribution in [0.5, 0.6) is 0 Å². The lowest BCUT2D eigenvalue weighted by atomic mass is 9.92. The van der Waals surface area contributed by atoms with E-state index >= 15 is 0 Å². The Morgan fingerprint density at radius 3 is 2.61 bits per heavy atom. The van der Waals surface area contributed by atoms with Gasteiger partial charge in [-0.05, 0) is 24.6 Å². The van der Waals surface area contributed by atoms with Gasteiger partial charge in [-0.15, -0.1) is 0 Å². The van der Waals surface area contributed by atoms with Gasteiger partial charge in [-0.2, -0.15) is 0 Å². The summed E-state index contributed by atoms with van der Waals surface area (Å²) in [6.45, 7) is 6.13. The molecular formula is C14H19ClN2O. The Hall–Kier alpha value is -1.06. The molecule has 98 valence electrons. The summed E-state index contributed by atoms with van der Waals surface area (Å²) < 4.78 is 0.